The Morgan fingerprint density at radius 2 is 1.32 bits per heavy atom. The van der Waals surface area contributed by atoms with Crippen molar-refractivity contribution in [2.45, 2.75) is 119 Å². The van der Waals surface area contributed by atoms with Crippen LogP contribution in [-0.4, -0.2) is 5.78 Å². The van der Waals surface area contributed by atoms with E-state index < -0.39 is 0 Å². The predicted molar refractivity (Wildman–Crippen MR) is 113 cm³/mol. The van der Waals surface area contributed by atoms with E-state index in [-0.39, 0.29) is 0 Å². The van der Waals surface area contributed by atoms with E-state index in [4.69, 9.17) is 0 Å². The topological polar surface area (TPSA) is 17.1 Å². The Labute approximate surface area is 159 Å². The molecule has 0 saturated heterocycles. The number of unbranched alkanes of at least 4 members (excludes halogenated alkanes) is 1. The Kier molecular flexibility index (Phi) is 13.3. The molecule has 0 aromatic carbocycles. The van der Waals surface area contributed by atoms with Gasteiger partial charge < -0.3 is 4.79 Å². The van der Waals surface area contributed by atoms with Gasteiger partial charge in [0, 0.05) is 6.42 Å². The third-order valence-electron chi connectivity index (χ3n) is 5.64. The lowest BCUT2D eigenvalue weighted by Gasteiger charge is -2.25. The molecule has 25 heavy (non-hydrogen) atoms. The van der Waals surface area contributed by atoms with Crippen LogP contribution in [0.2, 0.25) is 0 Å². The fourth-order valence-electron chi connectivity index (χ4n) is 3.64. The van der Waals surface area contributed by atoms with Crippen LogP contribution in [0.25, 0.3) is 0 Å². The minimum atomic E-state index is 0.336. The molecule has 0 aromatic heterocycles. The molecule has 0 aliphatic carbocycles. The average molecular weight is 351 g/mol. The van der Waals surface area contributed by atoms with Gasteiger partial charge in [-0.15, -0.1) is 6.58 Å². The predicted octanol–water partition coefficient (Wildman–Crippen LogP) is 8.13. The fourth-order valence-corrected chi connectivity index (χ4v) is 3.64. The summed E-state index contributed by atoms with van der Waals surface area (Å²) in [4.78, 5) is 11.0. The summed E-state index contributed by atoms with van der Waals surface area (Å²) in [7, 11) is 0. The van der Waals surface area contributed by atoms with Crippen molar-refractivity contribution < 1.29 is 4.79 Å². The second-order valence-electron chi connectivity index (χ2n) is 9.60. The van der Waals surface area contributed by atoms with Gasteiger partial charge in [-0.2, -0.15) is 0 Å². The standard InChI is InChI=1S/C24H46O/c1-20(2)12-8-9-18-24(6,7)19-11-15-21(3)13-10-14-22(4)16-17-23(5)25/h21-22H,1,8-19H2,2-7H3. The second kappa shape index (κ2) is 13.6. The number of hydrogen-bond donors (Lipinski definition) is 0. The summed E-state index contributed by atoms with van der Waals surface area (Å²) in [5.74, 6) is 1.89. The minimum absolute atomic E-state index is 0.336. The molecule has 2 atom stereocenters. The molecule has 0 radical (unpaired) electrons. The average Bonchev–Trinajstić information content (AvgIpc) is 2.49. The Balaban J connectivity index is 3.71. The van der Waals surface area contributed by atoms with Crippen molar-refractivity contribution in [2.75, 3.05) is 0 Å². The van der Waals surface area contributed by atoms with Gasteiger partial charge >= 0.3 is 0 Å². The molecule has 148 valence electrons. The molecule has 2 unspecified atom stereocenters. The summed E-state index contributed by atoms with van der Waals surface area (Å²) in [5, 5.41) is 0. The van der Waals surface area contributed by atoms with E-state index in [1.807, 2.05) is 0 Å². The van der Waals surface area contributed by atoms with Crippen molar-refractivity contribution >= 4 is 5.78 Å². The van der Waals surface area contributed by atoms with Gasteiger partial charge in [0.05, 0.1) is 0 Å². The van der Waals surface area contributed by atoms with Gasteiger partial charge in [-0.3, -0.25) is 0 Å². The first kappa shape index (κ1) is 24.4. The first-order valence-electron chi connectivity index (χ1n) is 10.8. The van der Waals surface area contributed by atoms with Crippen molar-refractivity contribution in [2.24, 2.45) is 17.3 Å². The quantitative estimate of drug-likeness (QED) is 0.203. The number of rotatable bonds is 16. The van der Waals surface area contributed by atoms with Crippen LogP contribution in [0.15, 0.2) is 12.2 Å². The van der Waals surface area contributed by atoms with Crippen LogP contribution in [0.1, 0.15) is 119 Å². The zero-order valence-corrected chi connectivity index (χ0v) is 18.3. The van der Waals surface area contributed by atoms with E-state index in [9.17, 15) is 4.79 Å². The van der Waals surface area contributed by atoms with Gasteiger partial charge in [0.1, 0.15) is 5.78 Å². The van der Waals surface area contributed by atoms with Crippen LogP contribution < -0.4 is 0 Å². The van der Waals surface area contributed by atoms with E-state index in [1.165, 1.54) is 69.8 Å². The molecular weight excluding hydrogens is 304 g/mol. The van der Waals surface area contributed by atoms with Crippen molar-refractivity contribution in [3.05, 3.63) is 12.2 Å². The summed E-state index contributed by atoms with van der Waals surface area (Å²) in [6.45, 7) is 17.4. The molecular formula is C24H46O. The lowest BCUT2D eigenvalue weighted by molar-refractivity contribution is -0.117. The molecule has 1 nitrogen and oxygen atoms in total. The van der Waals surface area contributed by atoms with Gasteiger partial charge in [0.15, 0.2) is 0 Å². The molecule has 0 aliphatic heterocycles. The molecule has 0 saturated carbocycles. The number of carbonyl (C=O) groups is 1. The third-order valence-corrected chi connectivity index (χ3v) is 5.64. The molecule has 0 bridgehead atoms. The first-order chi connectivity index (χ1) is 11.6. The largest absolute Gasteiger partial charge is 0.300 e. The number of ketones is 1. The highest BCUT2D eigenvalue weighted by atomic mass is 16.1. The highest BCUT2D eigenvalue weighted by molar-refractivity contribution is 5.75. The van der Waals surface area contributed by atoms with E-state index >= 15 is 0 Å². The van der Waals surface area contributed by atoms with Gasteiger partial charge in [-0.1, -0.05) is 71.8 Å². The highest BCUT2D eigenvalue weighted by Gasteiger charge is 2.17. The van der Waals surface area contributed by atoms with E-state index in [2.05, 4.69) is 41.2 Å². The lowest BCUT2D eigenvalue weighted by Crippen LogP contribution is -2.12. The zero-order valence-electron chi connectivity index (χ0n) is 18.3. The van der Waals surface area contributed by atoms with E-state index in [1.54, 1.807) is 6.92 Å². The number of hydrogen-bond acceptors (Lipinski definition) is 1. The van der Waals surface area contributed by atoms with E-state index in [0.29, 0.717) is 17.1 Å². The highest BCUT2D eigenvalue weighted by Crippen LogP contribution is 2.31. The number of allylic oxidation sites excluding steroid dienone is 1. The SMILES string of the molecule is C=C(C)CCCCC(C)(C)CCCC(C)CCCC(C)CCC(C)=O. The van der Waals surface area contributed by atoms with Gasteiger partial charge in [-0.05, 0) is 63.2 Å². The maximum atomic E-state index is 11.0. The molecule has 0 aromatic rings. The molecule has 0 aliphatic rings. The molecule has 0 N–H and O–H groups in total. The summed E-state index contributed by atoms with van der Waals surface area (Å²) in [5.41, 5.74) is 1.82. The van der Waals surface area contributed by atoms with Crippen molar-refractivity contribution in [3.8, 4) is 0 Å². The number of Topliss-reactive ketones (excluding diaryl/α,β-unsaturated/α-hetero) is 1. The number of carbonyl (C=O) groups excluding carboxylic acids is 1. The van der Waals surface area contributed by atoms with Crippen LogP contribution >= 0.6 is 0 Å². The summed E-state index contributed by atoms with van der Waals surface area (Å²) in [6, 6.07) is 0. The van der Waals surface area contributed by atoms with Gasteiger partial charge in [-0.25, -0.2) is 0 Å². The Bertz CT molecular complexity index is 366. The van der Waals surface area contributed by atoms with Crippen molar-refractivity contribution in [1.82, 2.24) is 0 Å². The maximum Gasteiger partial charge on any atom is 0.129 e. The Morgan fingerprint density at radius 1 is 0.800 bits per heavy atom. The second-order valence-corrected chi connectivity index (χ2v) is 9.60. The van der Waals surface area contributed by atoms with Crippen molar-refractivity contribution in [3.63, 3.8) is 0 Å². The summed E-state index contributed by atoms with van der Waals surface area (Å²) >= 11 is 0. The van der Waals surface area contributed by atoms with E-state index in [0.717, 1.165) is 18.8 Å². The molecule has 0 spiro atoms. The van der Waals surface area contributed by atoms with Crippen LogP contribution in [0.3, 0.4) is 0 Å². The summed E-state index contributed by atoms with van der Waals surface area (Å²) < 4.78 is 0. The zero-order chi connectivity index (χ0) is 19.3. The maximum absolute atomic E-state index is 11.0. The smallest absolute Gasteiger partial charge is 0.129 e. The van der Waals surface area contributed by atoms with Crippen LogP contribution in [0.5, 0.6) is 0 Å². The fraction of sp³-hybridized carbons (Fsp3) is 0.875. The van der Waals surface area contributed by atoms with Crippen LogP contribution in [-0.2, 0) is 4.79 Å². The Hall–Kier alpha value is -0.590. The molecule has 0 rings (SSSR count). The molecule has 0 amide bonds. The normalized spacial score (nSPS) is 14.3. The van der Waals surface area contributed by atoms with Crippen LogP contribution in [0, 0.1) is 17.3 Å². The molecule has 1 heteroatoms. The van der Waals surface area contributed by atoms with Crippen LogP contribution in [0.4, 0.5) is 0 Å². The monoisotopic (exact) mass is 350 g/mol. The van der Waals surface area contributed by atoms with Gasteiger partial charge in [0.25, 0.3) is 0 Å². The lowest BCUT2D eigenvalue weighted by atomic mass is 9.81. The molecule has 0 fully saturated rings. The summed E-state index contributed by atoms with van der Waals surface area (Å²) in [6.07, 6.45) is 15.1. The first-order valence-corrected chi connectivity index (χ1v) is 10.8. The third kappa shape index (κ3) is 16.6. The van der Waals surface area contributed by atoms with Crippen molar-refractivity contribution in [1.29, 1.82) is 0 Å². The molecule has 0 heterocycles. The van der Waals surface area contributed by atoms with Gasteiger partial charge in [0.2, 0.25) is 0 Å². The minimum Gasteiger partial charge on any atom is -0.300 e. The Morgan fingerprint density at radius 3 is 1.88 bits per heavy atom.